The van der Waals surface area contributed by atoms with E-state index in [9.17, 15) is 4.79 Å². The minimum absolute atomic E-state index is 0.0387. The van der Waals surface area contributed by atoms with Crippen LogP contribution in [-0.4, -0.2) is 39.7 Å². The van der Waals surface area contributed by atoms with Crippen LogP contribution in [0, 0.1) is 6.92 Å². The number of nitrogens with zero attached hydrogens (tertiary/aromatic N) is 3. The van der Waals surface area contributed by atoms with Gasteiger partial charge in [0.1, 0.15) is 16.8 Å². The number of hydrogen-bond donors (Lipinski definition) is 2. The molecule has 1 aliphatic rings. The molecule has 1 aromatic heterocycles. The smallest absolute Gasteiger partial charge is 0.236 e. The van der Waals surface area contributed by atoms with E-state index in [1.54, 1.807) is 17.9 Å². The molecule has 25 heavy (non-hydrogen) atoms. The molecule has 0 saturated carbocycles. The zero-order valence-corrected chi connectivity index (χ0v) is 15.8. The summed E-state index contributed by atoms with van der Waals surface area (Å²) in [5.74, 6) is 1.30. The number of fused-ring (bicyclic) bond motifs is 1. The van der Waals surface area contributed by atoms with Crippen molar-refractivity contribution in [2.24, 2.45) is 0 Å². The molecule has 0 saturated heterocycles. The number of nitrogens with one attached hydrogen (secondary N) is 2. The minimum atomic E-state index is -0.382. The van der Waals surface area contributed by atoms with E-state index in [1.807, 2.05) is 26.0 Å². The summed E-state index contributed by atoms with van der Waals surface area (Å²) in [5.41, 5.74) is 4.24. The van der Waals surface area contributed by atoms with Gasteiger partial charge in [0.2, 0.25) is 11.1 Å². The highest BCUT2D eigenvalue weighted by Crippen LogP contribution is 2.38. The fourth-order valence-electron chi connectivity index (χ4n) is 2.64. The van der Waals surface area contributed by atoms with Crippen molar-refractivity contribution in [2.75, 3.05) is 19.1 Å². The SMILES string of the molecule is CCCNC(=O)[C@@H]1Sc2nnc(C)n2N[C@@H]1c1ccc(OC)c(Cl)c1. The highest BCUT2D eigenvalue weighted by molar-refractivity contribution is 8.00. The molecule has 9 heteroatoms. The quantitative estimate of drug-likeness (QED) is 0.828. The van der Waals surface area contributed by atoms with E-state index < -0.39 is 0 Å². The second kappa shape index (κ2) is 7.53. The minimum Gasteiger partial charge on any atom is -0.495 e. The zero-order chi connectivity index (χ0) is 18.0. The molecule has 3 rings (SSSR count). The Hall–Kier alpha value is -1.93. The molecule has 0 fully saturated rings. The van der Waals surface area contributed by atoms with Crippen LogP contribution >= 0.6 is 23.4 Å². The number of rotatable bonds is 5. The summed E-state index contributed by atoms with van der Waals surface area (Å²) < 4.78 is 7.02. The predicted molar refractivity (Wildman–Crippen MR) is 97.8 cm³/mol. The van der Waals surface area contributed by atoms with Gasteiger partial charge < -0.3 is 15.5 Å². The molecule has 0 radical (unpaired) electrons. The van der Waals surface area contributed by atoms with Crippen LogP contribution in [0.4, 0.5) is 0 Å². The predicted octanol–water partition coefficient (Wildman–Crippen LogP) is 2.53. The Morgan fingerprint density at radius 1 is 1.48 bits per heavy atom. The molecule has 2 aromatic rings. The highest BCUT2D eigenvalue weighted by Gasteiger charge is 2.37. The molecule has 2 atom stereocenters. The van der Waals surface area contributed by atoms with Crippen LogP contribution in [0.5, 0.6) is 5.75 Å². The van der Waals surface area contributed by atoms with Crippen LogP contribution in [0.25, 0.3) is 0 Å². The molecule has 0 spiro atoms. The Labute approximate surface area is 155 Å². The van der Waals surface area contributed by atoms with Crippen molar-refractivity contribution >= 4 is 29.3 Å². The maximum Gasteiger partial charge on any atom is 0.236 e. The molecule has 134 valence electrons. The molecular formula is C16H20ClN5O2S. The Kier molecular flexibility index (Phi) is 5.39. The van der Waals surface area contributed by atoms with Gasteiger partial charge in [-0.15, -0.1) is 10.2 Å². The number of thioether (sulfide) groups is 1. The van der Waals surface area contributed by atoms with E-state index in [-0.39, 0.29) is 17.2 Å². The number of hydrogen-bond acceptors (Lipinski definition) is 6. The van der Waals surface area contributed by atoms with Crippen LogP contribution in [0.15, 0.2) is 23.4 Å². The molecule has 1 amide bonds. The standard InChI is InChI=1S/C16H20ClN5O2S/c1-4-7-18-15(23)14-13(10-5-6-12(24-3)11(17)8-10)21-22-9(2)19-20-16(22)25-14/h5-6,8,13-14,21H,4,7H2,1-3H3,(H,18,23)/t13-,14-/m1/s1. The molecule has 1 aliphatic heterocycles. The lowest BCUT2D eigenvalue weighted by atomic mass is 10.0. The van der Waals surface area contributed by atoms with Crippen LogP contribution in [0.3, 0.4) is 0 Å². The Morgan fingerprint density at radius 3 is 2.96 bits per heavy atom. The average Bonchev–Trinajstić information content (AvgIpc) is 2.98. The van der Waals surface area contributed by atoms with E-state index >= 15 is 0 Å². The second-order valence-electron chi connectivity index (χ2n) is 5.70. The lowest BCUT2D eigenvalue weighted by molar-refractivity contribution is -0.120. The maximum atomic E-state index is 12.7. The molecule has 1 aromatic carbocycles. The summed E-state index contributed by atoms with van der Waals surface area (Å²) in [5, 5.41) is 12.0. The fourth-order valence-corrected chi connectivity index (χ4v) is 4.05. The van der Waals surface area contributed by atoms with Crippen molar-refractivity contribution in [1.29, 1.82) is 0 Å². The van der Waals surface area contributed by atoms with Gasteiger partial charge in [0, 0.05) is 6.54 Å². The third-order valence-corrected chi connectivity index (χ3v) is 5.45. The average molecular weight is 382 g/mol. The number of aromatic nitrogens is 3. The molecule has 2 heterocycles. The summed E-state index contributed by atoms with van der Waals surface area (Å²) in [7, 11) is 1.57. The number of benzene rings is 1. The number of carbonyl (C=O) groups is 1. The van der Waals surface area contributed by atoms with Gasteiger partial charge in [-0.1, -0.05) is 36.4 Å². The molecule has 0 bridgehead atoms. The third-order valence-electron chi connectivity index (χ3n) is 3.94. The number of ether oxygens (including phenoxy) is 1. The highest BCUT2D eigenvalue weighted by atomic mass is 35.5. The monoisotopic (exact) mass is 381 g/mol. The summed E-state index contributed by atoms with van der Waals surface area (Å²) in [6.07, 6.45) is 0.880. The number of methoxy groups -OCH3 is 1. The van der Waals surface area contributed by atoms with Gasteiger partial charge in [-0.05, 0) is 31.0 Å². The lowest BCUT2D eigenvalue weighted by Crippen LogP contribution is -2.44. The summed E-state index contributed by atoms with van der Waals surface area (Å²) in [4.78, 5) is 12.7. The number of aryl methyl sites for hydroxylation is 1. The van der Waals surface area contributed by atoms with Crippen LogP contribution in [0.1, 0.15) is 30.8 Å². The molecule has 7 nitrogen and oxygen atoms in total. The largest absolute Gasteiger partial charge is 0.495 e. The van der Waals surface area contributed by atoms with Gasteiger partial charge in [-0.2, -0.15) is 0 Å². The fraction of sp³-hybridized carbons (Fsp3) is 0.438. The van der Waals surface area contributed by atoms with E-state index in [0.29, 0.717) is 22.5 Å². The number of halogens is 1. The van der Waals surface area contributed by atoms with Crippen LogP contribution < -0.4 is 15.5 Å². The topological polar surface area (TPSA) is 81.1 Å². The van der Waals surface area contributed by atoms with Crippen molar-refractivity contribution in [3.8, 4) is 5.75 Å². The van der Waals surface area contributed by atoms with Crippen molar-refractivity contribution in [3.63, 3.8) is 0 Å². The van der Waals surface area contributed by atoms with E-state index in [2.05, 4.69) is 20.9 Å². The molecule has 2 N–H and O–H groups in total. The van der Waals surface area contributed by atoms with Crippen LogP contribution in [0.2, 0.25) is 5.02 Å². The van der Waals surface area contributed by atoms with Crippen molar-refractivity contribution in [1.82, 2.24) is 20.2 Å². The third kappa shape index (κ3) is 3.55. The van der Waals surface area contributed by atoms with Crippen molar-refractivity contribution in [2.45, 2.75) is 36.7 Å². The van der Waals surface area contributed by atoms with Gasteiger partial charge in [0.25, 0.3) is 0 Å². The summed E-state index contributed by atoms with van der Waals surface area (Å²) in [6, 6.07) is 5.27. The normalized spacial score (nSPS) is 19.0. The lowest BCUT2D eigenvalue weighted by Gasteiger charge is -2.32. The molecule has 0 aliphatic carbocycles. The Balaban J connectivity index is 1.96. The van der Waals surface area contributed by atoms with Crippen LogP contribution in [-0.2, 0) is 4.79 Å². The summed E-state index contributed by atoms with van der Waals surface area (Å²) >= 11 is 7.67. The maximum absolute atomic E-state index is 12.7. The number of carbonyl (C=O) groups excluding carboxylic acids is 1. The van der Waals surface area contributed by atoms with Gasteiger partial charge in [-0.3, -0.25) is 4.79 Å². The zero-order valence-electron chi connectivity index (χ0n) is 14.2. The van der Waals surface area contributed by atoms with E-state index in [4.69, 9.17) is 16.3 Å². The van der Waals surface area contributed by atoms with E-state index in [1.165, 1.54) is 11.8 Å². The first-order valence-electron chi connectivity index (χ1n) is 8.01. The Bertz CT molecular complexity index is 782. The first-order valence-corrected chi connectivity index (χ1v) is 9.27. The summed E-state index contributed by atoms with van der Waals surface area (Å²) in [6.45, 7) is 4.52. The number of amides is 1. The molecule has 0 unspecified atom stereocenters. The Morgan fingerprint density at radius 2 is 2.28 bits per heavy atom. The first kappa shape index (κ1) is 17.9. The van der Waals surface area contributed by atoms with Gasteiger partial charge >= 0.3 is 0 Å². The second-order valence-corrected chi connectivity index (χ2v) is 7.21. The van der Waals surface area contributed by atoms with E-state index in [0.717, 1.165) is 17.8 Å². The van der Waals surface area contributed by atoms with Gasteiger partial charge in [-0.25, -0.2) is 4.68 Å². The van der Waals surface area contributed by atoms with Gasteiger partial charge in [0.05, 0.1) is 18.2 Å². The van der Waals surface area contributed by atoms with Crippen molar-refractivity contribution < 1.29 is 9.53 Å². The van der Waals surface area contributed by atoms with Gasteiger partial charge in [0.15, 0.2) is 0 Å². The first-order chi connectivity index (χ1) is 12.0. The van der Waals surface area contributed by atoms with Crippen molar-refractivity contribution in [3.05, 3.63) is 34.6 Å². The molecular weight excluding hydrogens is 362 g/mol.